The maximum atomic E-state index is 6.17. The van der Waals surface area contributed by atoms with E-state index in [9.17, 15) is 0 Å². The van der Waals surface area contributed by atoms with Crippen LogP contribution >= 0.6 is 11.6 Å². The molecule has 2 nitrogen and oxygen atoms in total. The summed E-state index contributed by atoms with van der Waals surface area (Å²) in [5, 5.41) is 0.803. The molecule has 0 saturated carbocycles. The summed E-state index contributed by atoms with van der Waals surface area (Å²) in [4.78, 5) is 0. The fourth-order valence-electron chi connectivity index (χ4n) is 1.95. The van der Waals surface area contributed by atoms with E-state index in [0.717, 1.165) is 22.8 Å². The van der Waals surface area contributed by atoms with Crippen LogP contribution in [0.25, 0.3) is 0 Å². The zero-order valence-corrected chi connectivity index (χ0v) is 12.7. The maximum absolute atomic E-state index is 6.17. The van der Waals surface area contributed by atoms with Gasteiger partial charge in [-0.3, -0.25) is 0 Å². The van der Waals surface area contributed by atoms with Crippen LogP contribution in [0.15, 0.2) is 61.2 Å². The summed E-state index contributed by atoms with van der Waals surface area (Å²) in [7, 11) is 0. The molecule has 0 N–H and O–H groups in total. The van der Waals surface area contributed by atoms with Gasteiger partial charge in [-0.25, -0.2) is 0 Å². The minimum Gasteiger partial charge on any atom is -0.491 e. The summed E-state index contributed by atoms with van der Waals surface area (Å²) in [6.45, 7) is 5.25. The van der Waals surface area contributed by atoms with Gasteiger partial charge >= 0.3 is 0 Å². The molecule has 0 aromatic heterocycles. The highest BCUT2D eigenvalue weighted by Gasteiger charge is 2.01. The van der Waals surface area contributed by atoms with Gasteiger partial charge in [-0.05, 0) is 35.7 Å². The second-order valence-electron chi connectivity index (χ2n) is 4.62. The van der Waals surface area contributed by atoms with Crippen molar-refractivity contribution >= 4 is 11.6 Å². The summed E-state index contributed by atoms with van der Waals surface area (Å²) in [6.07, 6.45) is 2.55. The van der Waals surface area contributed by atoms with E-state index in [-0.39, 0.29) is 0 Å². The Morgan fingerprint density at radius 1 is 1.00 bits per heavy atom. The molecule has 0 saturated heterocycles. The number of hydrogen-bond acceptors (Lipinski definition) is 2. The maximum Gasteiger partial charge on any atom is 0.119 e. The fraction of sp³-hybridized carbons (Fsp3) is 0.222. The Hall–Kier alpha value is -1.77. The molecule has 0 aliphatic carbocycles. The molecule has 0 spiro atoms. The van der Waals surface area contributed by atoms with Gasteiger partial charge < -0.3 is 9.47 Å². The highest BCUT2D eigenvalue weighted by molar-refractivity contribution is 6.31. The van der Waals surface area contributed by atoms with E-state index in [4.69, 9.17) is 21.1 Å². The summed E-state index contributed by atoms with van der Waals surface area (Å²) >= 11 is 6.17. The van der Waals surface area contributed by atoms with Gasteiger partial charge in [0.2, 0.25) is 0 Å². The van der Waals surface area contributed by atoms with Crippen LogP contribution in [-0.4, -0.2) is 19.8 Å². The molecule has 0 amide bonds. The number of hydrogen-bond donors (Lipinski definition) is 0. The lowest BCUT2D eigenvalue weighted by atomic mass is 10.1. The SMILES string of the molecule is C=CCOCCOc1ccc(Cc2ccccc2Cl)cc1. The minimum absolute atomic E-state index is 0.539. The predicted molar refractivity (Wildman–Crippen MR) is 87.2 cm³/mol. The number of rotatable bonds is 8. The molecule has 2 aromatic rings. The van der Waals surface area contributed by atoms with Gasteiger partial charge in [0.25, 0.3) is 0 Å². The summed E-state index contributed by atoms with van der Waals surface area (Å²) in [5.74, 6) is 0.847. The van der Waals surface area contributed by atoms with Crippen LogP contribution < -0.4 is 4.74 Å². The van der Waals surface area contributed by atoms with E-state index in [2.05, 4.69) is 18.7 Å². The molecular weight excluding hydrogens is 284 g/mol. The average molecular weight is 303 g/mol. The molecule has 0 bridgehead atoms. The van der Waals surface area contributed by atoms with Crippen LogP contribution in [0.1, 0.15) is 11.1 Å². The Balaban J connectivity index is 1.84. The summed E-state index contributed by atoms with van der Waals surface area (Å²) < 4.78 is 10.9. The van der Waals surface area contributed by atoms with E-state index < -0.39 is 0 Å². The first-order valence-electron chi connectivity index (χ1n) is 6.93. The van der Waals surface area contributed by atoms with E-state index in [1.807, 2.05) is 36.4 Å². The topological polar surface area (TPSA) is 18.5 Å². The van der Waals surface area contributed by atoms with E-state index in [0.29, 0.717) is 19.8 Å². The third-order valence-electron chi connectivity index (χ3n) is 3.01. The van der Waals surface area contributed by atoms with Crippen LogP contribution in [0, 0.1) is 0 Å². The van der Waals surface area contributed by atoms with Crippen LogP contribution in [0.3, 0.4) is 0 Å². The Kier molecular flexibility index (Phi) is 6.32. The van der Waals surface area contributed by atoms with Crippen molar-refractivity contribution in [3.8, 4) is 5.75 Å². The molecule has 0 heterocycles. The third-order valence-corrected chi connectivity index (χ3v) is 3.38. The van der Waals surface area contributed by atoms with Gasteiger partial charge in [0.1, 0.15) is 12.4 Å². The van der Waals surface area contributed by atoms with Crippen molar-refractivity contribution in [2.24, 2.45) is 0 Å². The molecule has 2 aromatic carbocycles. The van der Waals surface area contributed by atoms with E-state index in [1.165, 1.54) is 5.56 Å². The van der Waals surface area contributed by atoms with Crippen molar-refractivity contribution in [2.45, 2.75) is 6.42 Å². The Morgan fingerprint density at radius 3 is 2.48 bits per heavy atom. The Bertz CT molecular complexity index is 564. The highest BCUT2D eigenvalue weighted by atomic mass is 35.5. The van der Waals surface area contributed by atoms with Crippen LogP contribution in [0.2, 0.25) is 5.02 Å². The fourth-order valence-corrected chi connectivity index (χ4v) is 2.15. The molecule has 3 heteroatoms. The quantitative estimate of drug-likeness (QED) is 0.527. The van der Waals surface area contributed by atoms with Gasteiger partial charge in [0.05, 0.1) is 13.2 Å². The lowest BCUT2D eigenvalue weighted by molar-refractivity contribution is 0.121. The zero-order chi connectivity index (χ0) is 14.9. The molecule has 2 rings (SSSR count). The zero-order valence-electron chi connectivity index (χ0n) is 11.9. The largest absolute Gasteiger partial charge is 0.491 e. The molecule has 0 radical (unpaired) electrons. The van der Waals surface area contributed by atoms with Crippen molar-refractivity contribution in [3.05, 3.63) is 77.3 Å². The molecule has 0 unspecified atom stereocenters. The van der Waals surface area contributed by atoms with Gasteiger partial charge in [0.15, 0.2) is 0 Å². The molecule has 0 atom stereocenters. The smallest absolute Gasteiger partial charge is 0.119 e. The van der Waals surface area contributed by atoms with Gasteiger partial charge in [-0.1, -0.05) is 48.0 Å². The van der Waals surface area contributed by atoms with Crippen molar-refractivity contribution in [1.82, 2.24) is 0 Å². The number of halogens is 1. The minimum atomic E-state index is 0.539. The number of benzene rings is 2. The average Bonchev–Trinajstić information content (AvgIpc) is 2.51. The van der Waals surface area contributed by atoms with E-state index in [1.54, 1.807) is 6.08 Å². The molecule has 0 aliphatic rings. The standard InChI is InChI=1S/C18H19ClO2/c1-2-11-20-12-13-21-17-9-7-15(8-10-17)14-16-5-3-4-6-18(16)19/h2-10H,1,11-14H2. The monoisotopic (exact) mass is 302 g/mol. The first-order chi connectivity index (χ1) is 10.3. The van der Waals surface area contributed by atoms with Crippen molar-refractivity contribution < 1.29 is 9.47 Å². The van der Waals surface area contributed by atoms with Gasteiger partial charge in [-0.2, -0.15) is 0 Å². The van der Waals surface area contributed by atoms with Gasteiger partial charge in [0, 0.05) is 5.02 Å². The lowest BCUT2D eigenvalue weighted by Gasteiger charge is -2.08. The van der Waals surface area contributed by atoms with Crippen molar-refractivity contribution in [1.29, 1.82) is 0 Å². The van der Waals surface area contributed by atoms with Crippen LogP contribution in [0.4, 0.5) is 0 Å². The molecule has 0 aliphatic heterocycles. The Labute approximate surface area is 131 Å². The second-order valence-corrected chi connectivity index (χ2v) is 5.03. The van der Waals surface area contributed by atoms with Crippen molar-refractivity contribution in [3.63, 3.8) is 0 Å². The van der Waals surface area contributed by atoms with E-state index >= 15 is 0 Å². The first-order valence-corrected chi connectivity index (χ1v) is 7.31. The van der Waals surface area contributed by atoms with Crippen LogP contribution in [-0.2, 0) is 11.2 Å². The van der Waals surface area contributed by atoms with Gasteiger partial charge in [-0.15, -0.1) is 6.58 Å². The molecule has 0 fully saturated rings. The number of ether oxygens (including phenoxy) is 2. The summed E-state index contributed by atoms with van der Waals surface area (Å²) in [5.41, 5.74) is 2.34. The van der Waals surface area contributed by atoms with Crippen LogP contribution in [0.5, 0.6) is 5.75 Å². The molecule has 110 valence electrons. The molecular formula is C18H19ClO2. The van der Waals surface area contributed by atoms with Crippen molar-refractivity contribution in [2.75, 3.05) is 19.8 Å². The first kappa shape index (κ1) is 15.6. The lowest BCUT2D eigenvalue weighted by Crippen LogP contribution is -2.06. The molecule has 21 heavy (non-hydrogen) atoms. The third kappa shape index (κ3) is 5.25. The normalized spacial score (nSPS) is 10.3. The Morgan fingerprint density at radius 2 is 1.76 bits per heavy atom. The predicted octanol–water partition coefficient (Wildman–Crippen LogP) is 4.51. The highest BCUT2D eigenvalue weighted by Crippen LogP contribution is 2.20. The second kappa shape index (κ2) is 8.50. The summed E-state index contributed by atoms with van der Waals surface area (Å²) in [6, 6.07) is 16.0.